The van der Waals surface area contributed by atoms with Crippen LogP contribution < -0.4 is 10.1 Å². The van der Waals surface area contributed by atoms with Crippen LogP contribution in [0.25, 0.3) is 11.0 Å². The molecule has 0 saturated carbocycles. The molecule has 8 nitrogen and oxygen atoms in total. The van der Waals surface area contributed by atoms with Crippen molar-refractivity contribution in [1.29, 1.82) is 5.26 Å². The SMILES string of the molecule is CNC.Cc1cc(OCc2ccc(C#N)cc2)cc2c(CCC3CCN(C(=O)OC(C)(C)C)CC3)noc12. The second kappa shape index (κ2) is 13.3. The minimum Gasteiger partial charge on any atom is -0.489 e. The zero-order valence-electron chi connectivity index (χ0n) is 23.5. The molecule has 0 unspecified atom stereocenters. The van der Waals surface area contributed by atoms with Crippen LogP contribution >= 0.6 is 0 Å². The Morgan fingerprint density at radius 1 is 1.18 bits per heavy atom. The highest BCUT2D eigenvalue weighted by Crippen LogP contribution is 2.31. The zero-order valence-corrected chi connectivity index (χ0v) is 23.5. The van der Waals surface area contributed by atoms with Crippen LogP contribution in [0.3, 0.4) is 0 Å². The van der Waals surface area contributed by atoms with E-state index < -0.39 is 5.60 Å². The fraction of sp³-hybridized carbons (Fsp3) is 0.500. The summed E-state index contributed by atoms with van der Waals surface area (Å²) in [6.07, 6.45) is 3.53. The minimum atomic E-state index is -0.468. The van der Waals surface area contributed by atoms with Crippen molar-refractivity contribution >= 4 is 17.1 Å². The summed E-state index contributed by atoms with van der Waals surface area (Å²) in [6, 6.07) is 13.5. The summed E-state index contributed by atoms with van der Waals surface area (Å²) in [5, 5.41) is 17.1. The standard InChI is InChI=1S/C28H33N3O4.C2H7N/c1-19-15-23(33-18-22-7-5-21(17-29)6-8-22)16-24-25(30-35-26(19)24)10-9-20-11-13-31(14-12-20)27(32)34-28(2,3)4;1-3-2/h5-8,15-16,20H,9-14,18H2,1-4H3;3H,1-2H3. The van der Waals surface area contributed by atoms with Crippen LogP contribution in [0.4, 0.5) is 4.79 Å². The molecule has 0 spiro atoms. The van der Waals surface area contributed by atoms with Gasteiger partial charge in [-0.1, -0.05) is 17.3 Å². The molecule has 1 aliphatic heterocycles. The smallest absolute Gasteiger partial charge is 0.410 e. The van der Waals surface area contributed by atoms with E-state index in [0.29, 0.717) is 18.1 Å². The number of likely N-dealkylation sites (tertiary alicyclic amines) is 1. The summed E-state index contributed by atoms with van der Waals surface area (Å²) in [6.45, 7) is 9.56. The fourth-order valence-corrected chi connectivity index (χ4v) is 4.40. The molecule has 204 valence electrons. The van der Waals surface area contributed by atoms with Crippen LogP contribution in [0.1, 0.15) is 62.4 Å². The normalized spacial score (nSPS) is 14.0. The predicted octanol–water partition coefficient (Wildman–Crippen LogP) is 6.00. The lowest BCUT2D eigenvalue weighted by atomic mass is 9.91. The maximum Gasteiger partial charge on any atom is 0.410 e. The third-order valence-electron chi connectivity index (χ3n) is 6.35. The highest BCUT2D eigenvalue weighted by Gasteiger charge is 2.27. The number of aryl methyl sites for hydroxylation is 2. The predicted molar refractivity (Wildman–Crippen MR) is 148 cm³/mol. The second-order valence-corrected chi connectivity index (χ2v) is 10.8. The Morgan fingerprint density at radius 2 is 1.84 bits per heavy atom. The number of carbonyl (C=O) groups excluding carboxylic acids is 1. The number of fused-ring (bicyclic) bond motifs is 1. The van der Waals surface area contributed by atoms with E-state index in [1.807, 2.05) is 71.0 Å². The zero-order chi connectivity index (χ0) is 27.7. The third kappa shape index (κ3) is 8.22. The van der Waals surface area contributed by atoms with Gasteiger partial charge in [-0.25, -0.2) is 4.79 Å². The van der Waals surface area contributed by atoms with Crippen LogP contribution in [-0.4, -0.2) is 48.9 Å². The maximum absolute atomic E-state index is 12.3. The summed E-state index contributed by atoms with van der Waals surface area (Å²) < 4.78 is 17.2. The molecule has 38 heavy (non-hydrogen) atoms. The van der Waals surface area contributed by atoms with Crippen LogP contribution in [0.2, 0.25) is 0 Å². The lowest BCUT2D eigenvalue weighted by Gasteiger charge is -2.33. The fourth-order valence-electron chi connectivity index (χ4n) is 4.40. The number of hydrogen-bond acceptors (Lipinski definition) is 7. The Bertz CT molecular complexity index is 1230. The molecule has 1 aromatic heterocycles. The number of hydrogen-bond donors (Lipinski definition) is 1. The molecule has 1 fully saturated rings. The highest BCUT2D eigenvalue weighted by molar-refractivity contribution is 5.84. The molecule has 1 amide bonds. The van der Waals surface area contributed by atoms with E-state index in [-0.39, 0.29) is 6.09 Å². The van der Waals surface area contributed by atoms with Crippen molar-refractivity contribution in [2.45, 2.75) is 65.6 Å². The molecule has 1 saturated heterocycles. The molecule has 1 N–H and O–H groups in total. The maximum atomic E-state index is 12.3. The van der Waals surface area contributed by atoms with Gasteiger partial charge < -0.3 is 24.2 Å². The van der Waals surface area contributed by atoms with Crippen molar-refractivity contribution in [3.05, 3.63) is 58.8 Å². The van der Waals surface area contributed by atoms with Crippen molar-refractivity contribution in [2.24, 2.45) is 5.92 Å². The van der Waals surface area contributed by atoms with Crippen molar-refractivity contribution in [3.63, 3.8) is 0 Å². The van der Waals surface area contributed by atoms with Crippen LogP contribution in [-0.2, 0) is 17.8 Å². The molecular weight excluding hydrogens is 480 g/mol. The topological polar surface area (TPSA) is 101 Å². The summed E-state index contributed by atoms with van der Waals surface area (Å²) in [4.78, 5) is 14.1. The monoisotopic (exact) mass is 520 g/mol. The van der Waals surface area contributed by atoms with E-state index in [0.717, 1.165) is 72.3 Å². The second-order valence-electron chi connectivity index (χ2n) is 10.8. The third-order valence-corrected chi connectivity index (χ3v) is 6.35. The van der Waals surface area contributed by atoms with Gasteiger partial charge in [0.15, 0.2) is 5.58 Å². The molecule has 8 heteroatoms. The summed E-state index contributed by atoms with van der Waals surface area (Å²) >= 11 is 0. The number of piperidine rings is 1. The molecule has 2 aromatic carbocycles. The number of nitrogens with zero attached hydrogens (tertiary/aromatic N) is 3. The summed E-state index contributed by atoms with van der Waals surface area (Å²) in [7, 11) is 3.75. The van der Waals surface area contributed by atoms with Crippen LogP contribution in [0.5, 0.6) is 5.75 Å². The van der Waals surface area contributed by atoms with E-state index in [4.69, 9.17) is 19.3 Å². The van der Waals surface area contributed by atoms with Gasteiger partial charge in [-0.3, -0.25) is 0 Å². The van der Waals surface area contributed by atoms with E-state index in [2.05, 4.69) is 16.5 Å². The average Bonchev–Trinajstić information content (AvgIpc) is 3.30. The van der Waals surface area contributed by atoms with E-state index in [9.17, 15) is 4.79 Å². The minimum absolute atomic E-state index is 0.220. The first-order valence-corrected chi connectivity index (χ1v) is 13.2. The van der Waals surface area contributed by atoms with Crippen LogP contribution in [0, 0.1) is 24.2 Å². The van der Waals surface area contributed by atoms with E-state index in [1.54, 1.807) is 12.1 Å². The molecule has 0 radical (unpaired) electrons. The first-order valence-electron chi connectivity index (χ1n) is 13.2. The molecule has 1 aliphatic rings. The van der Waals surface area contributed by atoms with Crippen molar-refractivity contribution in [2.75, 3.05) is 27.2 Å². The van der Waals surface area contributed by atoms with Gasteiger partial charge in [-0.2, -0.15) is 5.26 Å². The summed E-state index contributed by atoms with van der Waals surface area (Å²) in [5.74, 6) is 1.31. The number of ether oxygens (including phenoxy) is 2. The molecular formula is C30H40N4O4. The molecule has 0 atom stereocenters. The van der Waals surface area contributed by atoms with Gasteiger partial charge in [0.05, 0.1) is 17.3 Å². The molecule has 0 bridgehead atoms. The number of rotatable bonds is 6. The van der Waals surface area contributed by atoms with Gasteiger partial charge in [0.1, 0.15) is 18.0 Å². The Hall–Kier alpha value is -3.57. The Morgan fingerprint density at radius 3 is 2.45 bits per heavy atom. The number of nitrogens with one attached hydrogen (secondary N) is 1. The number of amides is 1. The molecule has 3 aromatic rings. The largest absolute Gasteiger partial charge is 0.489 e. The molecule has 4 rings (SSSR count). The summed E-state index contributed by atoms with van der Waals surface area (Å²) in [5.41, 5.74) is 3.90. The van der Waals surface area contributed by atoms with Crippen molar-refractivity contribution in [1.82, 2.24) is 15.4 Å². The number of benzene rings is 2. The molecule has 0 aliphatic carbocycles. The van der Waals surface area contributed by atoms with Gasteiger partial charge in [0.25, 0.3) is 0 Å². The van der Waals surface area contributed by atoms with Gasteiger partial charge in [-0.05, 0) is 109 Å². The van der Waals surface area contributed by atoms with Crippen molar-refractivity contribution < 1.29 is 18.8 Å². The average molecular weight is 521 g/mol. The first-order chi connectivity index (χ1) is 18.1. The van der Waals surface area contributed by atoms with Gasteiger partial charge >= 0.3 is 6.09 Å². The highest BCUT2D eigenvalue weighted by atomic mass is 16.6. The Kier molecular flexibility index (Phi) is 10.1. The molecule has 2 heterocycles. The van der Waals surface area contributed by atoms with Crippen molar-refractivity contribution in [3.8, 4) is 11.8 Å². The number of nitriles is 1. The first kappa shape index (κ1) is 29.0. The Balaban J connectivity index is 0.00000127. The lowest BCUT2D eigenvalue weighted by molar-refractivity contribution is 0.0181. The number of carbonyl (C=O) groups is 1. The quantitative estimate of drug-likeness (QED) is 0.425. The van der Waals surface area contributed by atoms with Crippen LogP contribution in [0.15, 0.2) is 40.9 Å². The Labute approximate surface area is 225 Å². The number of aromatic nitrogens is 1. The van der Waals surface area contributed by atoms with Gasteiger partial charge in [0.2, 0.25) is 0 Å². The van der Waals surface area contributed by atoms with Gasteiger partial charge in [-0.15, -0.1) is 0 Å². The van der Waals surface area contributed by atoms with E-state index >= 15 is 0 Å². The lowest BCUT2D eigenvalue weighted by Crippen LogP contribution is -2.41. The van der Waals surface area contributed by atoms with Gasteiger partial charge in [0, 0.05) is 18.5 Å². The van der Waals surface area contributed by atoms with E-state index in [1.165, 1.54) is 0 Å².